The van der Waals surface area contributed by atoms with Crippen LogP contribution in [0.15, 0.2) is 72.4 Å². The average Bonchev–Trinajstić information content (AvgIpc) is 2.47. The Kier molecular flexibility index (Phi) is 2.03. The number of hydrazine groups is 1. The highest BCUT2D eigenvalue weighted by Gasteiger charge is 2.32. The van der Waals surface area contributed by atoms with Crippen molar-refractivity contribution in [3.63, 3.8) is 0 Å². The highest BCUT2D eigenvalue weighted by atomic mass is 16.1. The number of fused-ring (bicyclic) bond motifs is 3. The largest absolute Gasteiger partial charge is 0.287 e. The Bertz CT molecular complexity index is 694. The number of carbonyl (C=O) groups excluding carboxylic acids is 1. The minimum atomic E-state index is 0.103. The van der Waals surface area contributed by atoms with Crippen molar-refractivity contribution >= 4 is 5.78 Å². The lowest BCUT2D eigenvalue weighted by molar-refractivity contribution is 0.0912. The molecule has 4 rings (SSSR count). The molecule has 0 saturated carbocycles. The third kappa shape index (κ3) is 1.41. The number of hydrogen-bond acceptors (Lipinski definition) is 3. The molecule has 2 aliphatic heterocycles. The number of benzene rings is 1. The predicted molar refractivity (Wildman–Crippen MR) is 72.6 cm³/mol. The molecule has 3 nitrogen and oxygen atoms in total. The first-order valence-electron chi connectivity index (χ1n) is 6.31. The fraction of sp³-hybridized carbons (Fsp3) is 0.0625. The molecule has 1 aromatic carbocycles. The van der Waals surface area contributed by atoms with E-state index in [2.05, 4.69) is 0 Å². The van der Waals surface area contributed by atoms with Gasteiger partial charge < -0.3 is 0 Å². The molecule has 0 bridgehead atoms. The van der Waals surface area contributed by atoms with Crippen LogP contribution in [0.2, 0.25) is 0 Å². The van der Waals surface area contributed by atoms with Crippen LogP contribution in [0.4, 0.5) is 0 Å². The molecule has 0 N–H and O–H groups in total. The van der Waals surface area contributed by atoms with E-state index in [9.17, 15) is 4.79 Å². The van der Waals surface area contributed by atoms with Crippen molar-refractivity contribution in [1.29, 1.82) is 0 Å². The maximum absolute atomic E-state index is 12.7. The number of nitrogens with zero attached hydrogens (tertiary/aromatic N) is 2. The van der Waals surface area contributed by atoms with E-state index >= 15 is 0 Å². The topological polar surface area (TPSA) is 23.6 Å². The zero-order chi connectivity index (χ0) is 12.8. The molecule has 0 spiro atoms. The molecule has 0 unspecified atom stereocenters. The van der Waals surface area contributed by atoms with Gasteiger partial charge >= 0.3 is 0 Å². The Labute approximate surface area is 111 Å². The number of ketones is 1. The molecular weight excluding hydrogens is 236 g/mol. The number of allylic oxidation sites excluding steroid dienone is 5. The van der Waals surface area contributed by atoms with Crippen LogP contribution in [-0.4, -0.2) is 15.8 Å². The van der Waals surface area contributed by atoms with Crippen molar-refractivity contribution in [2.45, 2.75) is 6.42 Å². The van der Waals surface area contributed by atoms with Crippen LogP contribution in [0.1, 0.15) is 15.9 Å². The van der Waals surface area contributed by atoms with Crippen molar-refractivity contribution in [3.05, 3.63) is 83.5 Å². The van der Waals surface area contributed by atoms with E-state index in [0.29, 0.717) is 0 Å². The normalized spacial score (nSPS) is 19.5. The molecule has 0 radical (unpaired) electrons. The van der Waals surface area contributed by atoms with Gasteiger partial charge in [-0.15, -0.1) is 0 Å². The first-order valence-corrected chi connectivity index (χ1v) is 6.31. The van der Waals surface area contributed by atoms with Gasteiger partial charge in [0.05, 0.1) is 0 Å². The van der Waals surface area contributed by atoms with Crippen molar-refractivity contribution < 1.29 is 4.79 Å². The average molecular weight is 248 g/mol. The molecule has 2 heterocycles. The summed E-state index contributed by atoms with van der Waals surface area (Å²) in [5, 5.41) is 3.83. The molecule has 92 valence electrons. The highest BCUT2D eigenvalue weighted by molar-refractivity contribution is 6.11. The van der Waals surface area contributed by atoms with Crippen LogP contribution in [-0.2, 0) is 6.42 Å². The van der Waals surface area contributed by atoms with E-state index in [0.717, 1.165) is 28.8 Å². The Hall–Kier alpha value is -2.55. The van der Waals surface area contributed by atoms with Gasteiger partial charge in [0.2, 0.25) is 5.78 Å². The molecule has 0 amide bonds. The minimum Gasteiger partial charge on any atom is -0.287 e. The third-order valence-electron chi connectivity index (χ3n) is 3.65. The Morgan fingerprint density at radius 2 is 1.84 bits per heavy atom. The molecule has 0 aromatic heterocycles. The van der Waals surface area contributed by atoms with Gasteiger partial charge in [0.15, 0.2) is 0 Å². The van der Waals surface area contributed by atoms with Gasteiger partial charge in [-0.05, 0) is 29.4 Å². The van der Waals surface area contributed by atoms with Crippen LogP contribution >= 0.6 is 0 Å². The summed E-state index contributed by atoms with van der Waals surface area (Å²) in [4.78, 5) is 12.7. The number of hydrogen-bond donors (Lipinski definition) is 0. The summed E-state index contributed by atoms with van der Waals surface area (Å²) < 4.78 is 0. The molecule has 19 heavy (non-hydrogen) atoms. The van der Waals surface area contributed by atoms with Gasteiger partial charge in [0.25, 0.3) is 0 Å². The molecular formula is C16H12N2O. The SMILES string of the molecule is O=C1C2=C(C=CN3C=CC=CN23)Cc2ccccc21. The van der Waals surface area contributed by atoms with E-state index in [-0.39, 0.29) is 5.78 Å². The Morgan fingerprint density at radius 3 is 2.79 bits per heavy atom. The second kappa shape index (κ2) is 3.72. The maximum atomic E-state index is 12.7. The summed E-state index contributed by atoms with van der Waals surface area (Å²) in [7, 11) is 0. The fourth-order valence-electron chi connectivity index (χ4n) is 2.74. The van der Waals surface area contributed by atoms with Crippen LogP contribution in [0.5, 0.6) is 0 Å². The second-order valence-corrected chi connectivity index (χ2v) is 4.76. The third-order valence-corrected chi connectivity index (χ3v) is 3.65. The Balaban J connectivity index is 1.87. The molecule has 3 heteroatoms. The lowest BCUT2D eigenvalue weighted by Crippen LogP contribution is -2.39. The van der Waals surface area contributed by atoms with Gasteiger partial charge in [-0.3, -0.25) is 14.8 Å². The van der Waals surface area contributed by atoms with E-state index in [4.69, 9.17) is 0 Å². The molecule has 0 saturated heterocycles. The summed E-state index contributed by atoms with van der Waals surface area (Å²) in [6.45, 7) is 0. The number of rotatable bonds is 0. The molecule has 3 aliphatic rings. The Morgan fingerprint density at radius 1 is 1.00 bits per heavy atom. The fourth-order valence-corrected chi connectivity index (χ4v) is 2.74. The van der Waals surface area contributed by atoms with Crippen LogP contribution in [0.25, 0.3) is 0 Å². The smallest absolute Gasteiger partial charge is 0.211 e. The minimum absolute atomic E-state index is 0.103. The highest BCUT2D eigenvalue weighted by Crippen LogP contribution is 2.33. The summed E-state index contributed by atoms with van der Waals surface area (Å²) in [6.07, 6.45) is 12.6. The molecule has 1 aromatic rings. The van der Waals surface area contributed by atoms with Gasteiger partial charge in [-0.2, -0.15) is 0 Å². The van der Waals surface area contributed by atoms with Crippen LogP contribution in [0, 0.1) is 0 Å². The molecule has 1 aliphatic carbocycles. The summed E-state index contributed by atoms with van der Waals surface area (Å²) in [5.41, 5.74) is 3.78. The number of Topliss-reactive ketones (excluding diaryl/α,β-unsaturated/α-hetero) is 1. The van der Waals surface area contributed by atoms with E-state index in [1.54, 1.807) is 0 Å². The molecule has 0 fully saturated rings. The van der Waals surface area contributed by atoms with Crippen LogP contribution in [0.3, 0.4) is 0 Å². The van der Waals surface area contributed by atoms with E-state index in [1.165, 1.54) is 0 Å². The van der Waals surface area contributed by atoms with Crippen molar-refractivity contribution in [2.24, 2.45) is 0 Å². The van der Waals surface area contributed by atoms with Gasteiger partial charge in [0.1, 0.15) is 5.70 Å². The van der Waals surface area contributed by atoms with Gasteiger partial charge in [-0.25, -0.2) is 0 Å². The summed E-state index contributed by atoms with van der Waals surface area (Å²) >= 11 is 0. The van der Waals surface area contributed by atoms with Crippen molar-refractivity contribution in [3.8, 4) is 0 Å². The van der Waals surface area contributed by atoms with E-state index in [1.807, 2.05) is 71.1 Å². The summed E-state index contributed by atoms with van der Waals surface area (Å²) in [5.74, 6) is 0.103. The zero-order valence-corrected chi connectivity index (χ0v) is 10.3. The zero-order valence-electron chi connectivity index (χ0n) is 10.3. The monoisotopic (exact) mass is 248 g/mol. The first-order chi connectivity index (χ1) is 9.34. The quantitative estimate of drug-likeness (QED) is 0.705. The lowest BCUT2D eigenvalue weighted by atomic mass is 9.87. The predicted octanol–water partition coefficient (Wildman–Crippen LogP) is 2.77. The second-order valence-electron chi connectivity index (χ2n) is 4.76. The van der Waals surface area contributed by atoms with Crippen molar-refractivity contribution in [2.75, 3.05) is 0 Å². The lowest BCUT2D eigenvalue weighted by Gasteiger charge is -2.38. The standard InChI is InChI=1S/C16H12N2O/c19-16-14-6-2-1-5-12(14)11-13-7-10-17-8-3-4-9-18(17)15(13)16/h1-10H,11H2. The number of carbonyl (C=O) groups is 1. The van der Waals surface area contributed by atoms with Crippen LogP contribution < -0.4 is 0 Å². The van der Waals surface area contributed by atoms with E-state index < -0.39 is 0 Å². The summed E-state index contributed by atoms with van der Waals surface area (Å²) in [6, 6.07) is 7.85. The maximum Gasteiger partial charge on any atom is 0.211 e. The first kappa shape index (κ1) is 10.4. The van der Waals surface area contributed by atoms with Crippen molar-refractivity contribution in [1.82, 2.24) is 10.0 Å². The molecule has 0 atom stereocenters. The van der Waals surface area contributed by atoms with Gasteiger partial charge in [-0.1, -0.05) is 24.3 Å². The van der Waals surface area contributed by atoms with Gasteiger partial charge in [0, 0.05) is 30.6 Å².